The molecule has 5 heteroatoms. The van der Waals surface area contributed by atoms with Crippen molar-refractivity contribution in [1.82, 2.24) is 9.97 Å². The second-order valence-electron chi connectivity index (χ2n) is 4.17. The van der Waals surface area contributed by atoms with Crippen LogP contribution in [0.25, 0.3) is 11.4 Å². The number of rotatable bonds is 2. The minimum atomic E-state index is -3.20. The summed E-state index contributed by atoms with van der Waals surface area (Å²) in [6, 6.07) is 3.48. The maximum atomic E-state index is 13.6. The average Bonchev–Trinajstić information content (AvgIpc) is 2.28. The zero-order valence-corrected chi connectivity index (χ0v) is 9.92. The van der Waals surface area contributed by atoms with Crippen LogP contribution in [-0.4, -0.2) is 9.97 Å². The normalized spacial score (nSPS) is 11.6. The second kappa shape index (κ2) is 4.40. The molecule has 0 saturated carbocycles. The molecule has 0 amide bonds. The highest BCUT2D eigenvalue weighted by Crippen LogP contribution is 2.31. The van der Waals surface area contributed by atoms with E-state index in [1.807, 2.05) is 6.92 Å². The van der Waals surface area contributed by atoms with Crippen LogP contribution in [0.1, 0.15) is 18.1 Å². The third kappa shape index (κ3) is 2.50. The molecule has 0 atom stereocenters. The van der Waals surface area contributed by atoms with Crippen LogP contribution in [-0.2, 0) is 5.92 Å². The molecule has 0 saturated heterocycles. The van der Waals surface area contributed by atoms with E-state index in [1.54, 1.807) is 12.4 Å². The monoisotopic (exact) mass is 252 g/mol. The molecule has 0 bridgehead atoms. The Morgan fingerprint density at radius 2 is 1.72 bits per heavy atom. The Balaban J connectivity index is 2.43. The molecule has 0 aliphatic carbocycles. The number of nitrogens with zero attached hydrogens (tertiary/aromatic N) is 2. The third-order valence-corrected chi connectivity index (χ3v) is 2.48. The Morgan fingerprint density at radius 1 is 1.11 bits per heavy atom. The molecule has 0 aliphatic heterocycles. The minimum Gasteiger partial charge on any atom is -0.236 e. The van der Waals surface area contributed by atoms with Crippen molar-refractivity contribution in [2.24, 2.45) is 0 Å². The lowest BCUT2D eigenvalue weighted by atomic mass is 10.1. The second-order valence-corrected chi connectivity index (χ2v) is 4.17. The smallest absolute Gasteiger partial charge is 0.236 e. The van der Waals surface area contributed by atoms with Gasteiger partial charge in [0.15, 0.2) is 5.82 Å². The summed E-state index contributed by atoms with van der Waals surface area (Å²) in [4.78, 5) is 8.03. The van der Waals surface area contributed by atoms with E-state index in [0.29, 0.717) is 18.3 Å². The Morgan fingerprint density at radius 3 is 2.22 bits per heavy atom. The third-order valence-electron chi connectivity index (χ3n) is 2.48. The van der Waals surface area contributed by atoms with E-state index in [9.17, 15) is 13.2 Å². The van der Waals surface area contributed by atoms with Gasteiger partial charge in [-0.2, -0.15) is 0 Å². The lowest BCUT2D eigenvalue weighted by Crippen LogP contribution is -2.09. The minimum absolute atomic E-state index is 0.311. The molecule has 0 unspecified atom stereocenters. The van der Waals surface area contributed by atoms with Gasteiger partial charge in [-0.25, -0.2) is 23.1 Å². The Bertz CT molecular complexity index is 559. The van der Waals surface area contributed by atoms with E-state index in [2.05, 4.69) is 9.97 Å². The molecule has 1 aromatic heterocycles. The van der Waals surface area contributed by atoms with Crippen molar-refractivity contribution in [2.75, 3.05) is 0 Å². The van der Waals surface area contributed by atoms with Crippen molar-refractivity contribution in [3.63, 3.8) is 0 Å². The molecule has 2 nitrogen and oxygen atoms in total. The van der Waals surface area contributed by atoms with Gasteiger partial charge in [0.25, 0.3) is 5.92 Å². The quantitative estimate of drug-likeness (QED) is 0.814. The van der Waals surface area contributed by atoms with E-state index < -0.39 is 17.3 Å². The molecule has 0 N–H and O–H groups in total. The summed E-state index contributed by atoms with van der Waals surface area (Å²) < 4.78 is 39.6. The van der Waals surface area contributed by atoms with Gasteiger partial charge in [0, 0.05) is 24.9 Å². The van der Waals surface area contributed by atoms with E-state index in [1.165, 1.54) is 6.07 Å². The molecule has 2 aromatic rings. The molecule has 0 aliphatic rings. The number of benzene rings is 1. The molecular weight excluding hydrogens is 241 g/mol. The van der Waals surface area contributed by atoms with Gasteiger partial charge in [-0.1, -0.05) is 6.07 Å². The fourth-order valence-electron chi connectivity index (χ4n) is 1.55. The van der Waals surface area contributed by atoms with Gasteiger partial charge in [0.2, 0.25) is 0 Å². The van der Waals surface area contributed by atoms with Crippen molar-refractivity contribution < 1.29 is 13.2 Å². The summed E-state index contributed by atoms with van der Waals surface area (Å²) in [5.41, 5.74) is 0.620. The van der Waals surface area contributed by atoms with Crippen LogP contribution >= 0.6 is 0 Å². The molecule has 94 valence electrons. The van der Waals surface area contributed by atoms with Gasteiger partial charge >= 0.3 is 0 Å². The predicted octanol–water partition coefficient (Wildman–Crippen LogP) is 3.70. The first-order valence-corrected chi connectivity index (χ1v) is 5.35. The van der Waals surface area contributed by atoms with Crippen LogP contribution in [0.2, 0.25) is 0 Å². The van der Waals surface area contributed by atoms with Gasteiger partial charge < -0.3 is 0 Å². The summed E-state index contributed by atoms with van der Waals surface area (Å²) in [7, 11) is 0. The molecular formula is C13H11F3N2. The van der Waals surface area contributed by atoms with Crippen LogP contribution in [0.5, 0.6) is 0 Å². The molecule has 2 rings (SSSR count). The lowest BCUT2D eigenvalue weighted by molar-refractivity contribution is 0.0138. The van der Waals surface area contributed by atoms with Gasteiger partial charge in [0.05, 0.1) is 5.56 Å². The van der Waals surface area contributed by atoms with Crippen molar-refractivity contribution in [3.05, 3.63) is 47.5 Å². The fraction of sp³-hybridized carbons (Fsp3) is 0.231. The largest absolute Gasteiger partial charge is 0.273 e. The zero-order chi connectivity index (χ0) is 13.3. The molecule has 0 spiro atoms. The SMILES string of the molecule is Cc1cnc(-c2ccc(C(C)(F)F)c(F)c2)nc1. The lowest BCUT2D eigenvalue weighted by Gasteiger charge is -2.12. The molecule has 1 aromatic carbocycles. The Hall–Kier alpha value is -1.91. The number of aromatic nitrogens is 2. The van der Waals surface area contributed by atoms with Crippen molar-refractivity contribution in [2.45, 2.75) is 19.8 Å². The van der Waals surface area contributed by atoms with Crippen LogP contribution < -0.4 is 0 Å². The highest BCUT2D eigenvalue weighted by atomic mass is 19.3. The first-order chi connectivity index (χ1) is 8.38. The summed E-state index contributed by atoms with van der Waals surface area (Å²) in [5.74, 6) is -3.84. The number of alkyl halides is 2. The first-order valence-electron chi connectivity index (χ1n) is 5.35. The number of halogens is 3. The fourth-order valence-corrected chi connectivity index (χ4v) is 1.55. The maximum Gasteiger partial charge on any atom is 0.273 e. The van der Waals surface area contributed by atoms with Gasteiger partial charge in [0.1, 0.15) is 5.82 Å². The number of hydrogen-bond acceptors (Lipinski definition) is 2. The van der Waals surface area contributed by atoms with E-state index in [0.717, 1.165) is 17.7 Å². The maximum absolute atomic E-state index is 13.6. The van der Waals surface area contributed by atoms with Crippen LogP contribution in [0, 0.1) is 12.7 Å². The van der Waals surface area contributed by atoms with E-state index >= 15 is 0 Å². The van der Waals surface area contributed by atoms with Crippen LogP contribution in [0.3, 0.4) is 0 Å². The molecule has 0 radical (unpaired) electrons. The van der Waals surface area contributed by atoms with Gasteiger partial charge in [-0.05, 0) is 24.6 Å². The topological polar surface area (TPSA) is 25.8 Å². The Kier molecular flexibility index (Phi) is 3.07. The predicted molar refractivity (Wildman–Crippen MR) is 61.7 cm³/mol. The average molecular weight is 252 g/mol. The van der Waals surface area contributed by atoms with Crippen molar-refractivity contribution in [3.8, 4) is 11.4 Å². The van der Waals surface area contributed by atoms with Crippen LogP contribution in [0.4, 0.5) is 13.2 Å². The molecule has 0 fully saturated rings. The van der Waals surface area contributed by atoms with E-state index in [4.69, 9.17) is 0 Å². The highest BCUT2D eigenvalue weighted by Gasteiger charge is 2.28. The summed E-state index contributed by atoms with van der Waals surface area (Å²) in [5, 5.41) is 0. The molecule has 1 heterocycles. The van der Waals surface area contributed by atoms with Gasteiger partial charge in [-0.15, -0.1) is 0 Å². The Labute approximate surface area is 103 Å². The highest BCUT2D eigenvalue weighted by molar-refractivity contribution is 5.55. The van der Waals surface area contributed by atoms with Gasteiger partial charge in [-0.3, -0.25) is 0 Å². The van der Waals surface area contributed by atoms with Crippen molar-refractivity contribution >= 4 is 0 Å². The molecule has 18 heavy (non-hydrogen) atoms. The standard InChI is InChI=1S/C13H11F3N2/c1-8-6-17-12(18-7-8)9-3-4-10(11(14)5-9)13(2,15)16/h3-7H,1-2H3. The number of hydrogen-bond donors (Lipinski definition) is 0. The summed E-state index contributed by atoms with van der Waals surface area (Å²) >= 11 is 0. The number of aryl methyl sites for hydroxylation is 1. The van der Waals surface area contributed by atoms with Crippen LogP contribution in [0.15, 0.2) is 30.6 Å². The van der Waals surface area contributed by atoms with Crippen molar-refractivity contribution in [1.29, 1.82) is 0 Å². The zero-order valence-electron chi connectivity index (χ0n) is 9.92. The first kappa shape index (κ1) is 12.5. The van der Waals surface area contributed by atoms with E-state index in [-0.39, 0.29) is 0 Å². The summed E-state index contributed by atoms with van der Waals surface area (Å²) in [6.45, 7) is 2.48. The summed E-state index contributed by atoms with van der Waals surface area (Å²) in [6.07, 6.45) is 3.17.